The van der Waals surface area contributed by atoms with E-state index in [1.165, 1.54) is 18.3 Å². The van der Waals surface area contributed by atoms with E-state index in [0.717, 1.165) is 17.7 Å². The number of alkyl halides is 3. The summed E-state index contributed by atoms with van der Waals surface area (Å²) in [4.78, 5) is 12.1. The van der Waals surface area contributed by atoms with Crippen LogP contribution >= 0.6 is 0 Å². The number of para-hydroxylation sites is 1. The molecule has 0 atom stereocenters. The van der Waals surface area contributed by atoms with E-state index < -0.39 is 23.3 Å². The third-order valence-electron chi connectivity index (χ3n) is 3.24. The second kappa shape index (κ2) is 8.02. The smallest absolute Gasteiger partial charge is 0.386 e. The van der Waals surface area contributed by atoms with Gasteiger partial charge in [-0.3, -0.25) is 4.79 Å². The molecule has 2 aromatic carbocycles. The van der Waals surface area contributed by atoms with Crippen molar-refractivity contribution in [2.24, 2.45) is 0 Å². The number of hydrogen-bond donors (Lipinski definition) is 2. The number of rotatable bonds is 5. The number of carbonyl (C=O) groups excluding carboxylic acids is 1. The molecule has 0 aliphatic heterocycles. The molecule has 128 valence electrons. The highest BCUT2D eigenvalue weighted by Gasteiger charge is 2.33. The van der Waals surface area contributed by atoms with Crippen molar-refractivity contribution >= 4 is 11.6 Å². The Hall–Kier alpha value is -3.27. The molecule has 0 aromatic heterocycles. The molecule has 2 N–H and O–H groups in total. The topological polar surface area (TPSA) is 64.9 Å². The maximum atomic E-state index is 12.9. The van der Waals surface area contributed by atoms with Gasteiger partial charge in [-0.25, -0.2) is 0 Å². The van der Waals surface area contributed by atoms with E-state index in [2.05, 4.69) is 10.6 Å². The molecule has 0 saturated carbocycles. The maximum absolute atomic E-state index is 12.9. The van der Waals surface area contributed by atoms with E-state index in [9.17, 15) is 18.0 Å². The largest absolute Gasteiger partial charge is 0.418 e. The lowest BCUT2D eigenvalue weighted by Crippen LogP contribution is -2.19. The van der Waals surface area contributed by atoms with Crippen LogP contribution in [0.2, 0.25) is 0 Å². The van der Waals surface area contributed by atoms with Gasteiger partial charge in [-0.15, -0.1) is 0 Å². The lowest BCUT2D eigenvalue weighted by atomic mass is 10.1. The molecular formula is C18H14F3N3O. The monoisotopic (exact) mass is 345 g/mol. The number of benzene rings is 2. The quantitative estimate of drug-likeness (QED) is 0.639. The maximum Gasteiger partial charge on any atom is 0.418 e. The summed E-state index contributed by atoms with van der Waals surface area (Å²) in [5.41, 5.74) is -0.770. The standard InChI is InChI=1S/C18H14F3N3O/c19-18(20,21)15-8-4-5-9-16(15)24-17(25)14(10-22)12-23-11-13-6-2-1-3-7-13/h1-9,12,23H,11H2,(H,24,25)/b14-12-. The average Bonchev–Trinajstić information content (AvgIpc) is 2.59. The number of nitriles is 1. The molecule has 0 fully saturated rings. The van der Waals surface area contributed by atoms with Gasteiger partial charge in [-0.2, -0.15) is 18.4 Å². The van der Waals surface area contributed by atoms with Crippen molar-refractivity contribution in [2.75, 3.05) is 5.32 Å². The van der Waals surface area contributed by atoms with Crippen molar-refractivity contribution < 1.29 is 18.0 Å². The molecule has 0 radical (unpaired) electrons. The first kappa shape index (κ1) is 18.1. The van der Waals surface area contributed by atoms with Crippen LogP contribution < -0.4 is 10.6 Å². The van der Waals surface area contributed by atoms with Gasteiger partial charge in [0.05, 0.1) is 11.3 Å². The molecule has 0 spiro atoms. The summed E-state index contributed by atoms with van der Waals surface area (Å²) in [6.45, 7) is 0.373. The average molecular weight is 345 g/mol. The Morgan fingerprint density at radius 2 is 1.72 bits per heavy atom. The predicted octanol–water partition coefficient (Wildman–Crippen LogP) is 3.84. The van der Waals surface area contributed by atoms with Crippen LogP contribution in [0, 0.1) is 11.3 Å². The van der Waals surface area contributed by atoms with E-state index in [0.29, 0.717) is 6.54 Å². The van der Waals surface area contributed by atoms with Crippen molar-refractivity contribution in [3.8, 4) is 6.07 Å². The molecule has 7 heteroatoms. The van der Waals surface area contributed by atoms with Crippen molar-refractivity contribution in [3.05, 3.63) is 77.5 Å². The molecule has 0 bridgehead atoms. The summed E-state index contributed by atoms with van der Waals surface area (Å²) in [5, 5.41) is 14.0. The normalized spacial score (nSPS) is 11.5. The first-order chi connectivity index (χ1) is 11.9. The van der Waals surface area contributed by atoms with Crippen molar-refractivity contribution in [2.45, 2.75) is 12.7 Å². The number of hydrogen-bond acceptors (Lipinski definition) is 3. The van der Waals surface area contributed by atoms with Gasteiger partial charge >= 0.3 is 6.18 Å². The molecule has 4 nitrogen and oxygen atoms in total. The van der Waals surface area contributed by atoms with E-state index in [1.807, 2.05) is 30.3 Å². The molecule has 0 unspecified atom stereocenters. The summed E-state index contributed by atoms with van der Waals surface area (Å²) in [7, 11) is 0. The Balaban J connectivity index is 2.08. The van der Waals surface area contributed by atoms with E-state index in [4.69, 9.17) is 5.26 Å². The minimum Gasteiger partial charge on any atom is -0.386 e. The number of anilines is 1. The lowest BCUT2D eigenvalue weighted by Gasteiger charge is -2.13. The highest BCUT2D eigenvalue weighted by atomic mass is 19.4. The third-order valence-corrected chi connectivity index (χ3v) is 3.24. The van der Waals surface area contributed by atoms with Crippen molar-refractivity contribution in [1.82, 2.24) is 5.32 Å². The fraction of sp³-hybridized carbons (Fsp3) is 0.111. The van der Waals surface area contributed by atoms with Gasteiger partial charge in [-0.1, -0.05) is 42.5 Å². The first-order valence-electron chi connectivity index (χ1n) is 7.27. The van der Waals surface area contributed by atoms with Crippen LogP contribution in [0.3, 0.4) is 0 Å². The fourth-order valence-corrected chi connectivity index (χ4v) is 2.04. The highest BCUT2D eigenvalue weighted by molar-refractivity contribution is 6.06. The van der Waals surface area contributed by atoms with Gasteiger partial charge < -0.3 is 10.6 Å². The second-order valence-electron chi connectivity index (χ2n) is 5.03. The molecule has 0 saturated heterocycles. The zero-order chi connectivity index (χ0) is 18.3. The summed E-state index contributed by atoms with van der Waals surface area (Å²) >= 11 is 0. The lowest BCUT2D eigenvalue weighted by molar-refractivity contribution is -0.137. The van der Waals surface area contributed by atoms with Crippen LogP contribution in [0.5, 0.6) is 0 Å². The zero-order valence-corrected chi connectivity index (χ0v) is 13.0. The number of carbonyl (C=O) groups is 1. The SMILES string of the molecule is N#C/C(=C/NCc1ccccc1)C(=O)Nc1ccccc1C(F)(F)F. The summed E-state index contributed by atoms with van der Waals surface area (Å²) in [6.07, 6.45) is -3.43. The predicted molar refractivity (Wildman–Crippen MR) is 87.1 cm³/mol. The van der Waals surface area contributed by atoms with Gasteiger partial charge in [0.2, 0.25) is 0 Å². The third kappa shape index (κ3) is 5.11. The van der Waals surface area contributed by atoms with Gasteiger partial charge in [0, 0.05) is 12.7 Å². The Morgan fingerprint density at radius 1 is 1.08 bits per heavy atom. The number of halogens is 3. The zero-order valence-electron chi connectivity index (χ0n) is 13.0. The van der Waals surface area contributed by atoms with Crippen LogP contribution in [0.4, 0.5) is 18.9 Å². The Kier molecular flexibility index (Phi) is 5.79. The Bertz CT molecular complexity index is 808. The summed E-state index contributed by atoms with van der Waals surface area (Å²) in [6, 6.07) is 15.5. The minimum absolute atomic E-state index is 0.326. The van der Waals surface area contributed by atoms with Crippen LogP contribution in [-0.4, -0.2) is 5.91 Å². The van der Waals surface area contributed by atoms with Crippen molar-refractivity contribution in [1.29, 1.82) is 5.26 Å². The molecule has 1 amide bonds. The molecule has 2 rings (SSSR count). The molecule has 0 heterocycles. The molecule has 0 aliphatic carbocycles. The molecule has 25 heavy (non-hydrogen) atoms. The molecule has 2 aromatic rings. The van der Waals surface area contributed by atoms with Crippen LogP contribution in [0.25, 0.3) is 0 Å². The fourth-order valence-electron chi connectivity index (χ4n) is 2.04. The van der Waals surface area contributed by atoms with Crippen molar-refractivity contribution in [3.63, 3.8) is 0 Å². The highest BCUT2D eigenvalue weighted by Crippen LogP contribution is 2.34. The first-order valence-corrected chi connectivity index (χ1v) is 7.27. The molecule has 0 aliphatic rings. The van der Waals surface area contributed by atoms with E-state index in [-0.39, 0.29) is 5.57 Å². The van der Waals surface area contributed by atoms with Gasteiger partial charge in [0.15, 0.2) is 0 Å². The number of nitrogens with zero attached hydrogens (tertiary/aromatic N) is 1. The van der Waals surface area contributed by atoms with Crippen LogP contribution in [-0.2, 0) is 17.5 Å². The number of nitrogens with one attached hydrogen (secondary N) is 2. The minimum atomic E-state index is -4.61. The van der Waals surface area contributed by atoms with Crippen LogP contribution in [0.1, 0.15) is 11.1 Å². The van der Waals surface area contributed by atoms with E-state index >= 15 is 0 Å². The summed E-state index contributed by atoms with van der Waals surface area (Å²) in [5.74, 6) is -0.917. The van der Waals surface area contributed by atoms with Gasteiger partial charge in [0.1, 0.15) is 11.6 Å². The number of amides is 1. The van der Waals surface area contributed by atoms with Crippen LogP contribution in [0.15, 0.2) is 66.4 Å². The Morgan fingerprint density at radius 3 is 2.36 bits per heavy atom. The second-order valence-corrected chi connectivity index (χ2v) is 5.03. The summed E-state index contributed by atoms with van der Waals surface area (Å²) < 4.78 is 38.8. The Labute approximate surface area is 142 Å². The van der Waals surface area contributed by atoms with Gasteiger partial charge in [-0.05, 0) is 17.7 Å². The van der Waals surface area contributed by atoms with Gasteiger partial charge in [0.25, 0.3) is 5.91 Å². The van der Waals surface area contributed by atoms with E-state index in [1.54, 1.807) is 6.07 Å². The molecular weight excluding hydrogens is 331 g/mol.